The Morgan fingerprint density at radius 1 is 0.975 bits per heavy atom. The van der Waals surface area contributed by atoms with Crippen LogP contribution in [0.1, 0.15) is 60.2 Å². The zero-order valence-electron chi connectivity index (χ0n) is 22.4. The fraction of sp³-hybridized carbons (Fsp3) is 0.500. The van der Waals surface area contributed by atoms with Crippen molar-refractivity contribution in [2.45, 2.75) is 51.6 Å². The van der Waals surface area contributed by atoms with E-state index < -0.39 is 47.4 Å². The number of urea groups is 1. The van der Waals surface area contributed by atoms with Gasteiger partial charge in [-0.05, 0) is 73.2 Å². The van der Waals surface area contributed by atoms with Crippen molar-refractivity contribution in [2.24, 2.45) is 11.8 Å². The van der Waals surface area contributed by atoms with Crippen LogP contribution in [-0.4, -0.2) is 53.3 Å². The Bertz CT molecular complexity index is 1260. The third kappa shape index (κ3) is 5.76. The predicted octanol–water partition coefficient (Wildman–Crippen LogP) is 6.83. The molecule has 0 aromatic heterocycles. The van der Waals surface area contributed by atoms with Gasteiger partial charge in [-0.25, -0.2) is 9.18 Å². The van der Waals surface area contributed by atoms with Gasteiger partial charge in [0.1, 0.15) is 5.82 Å². The molecule has 0 bridgehead atoms. The monoisotopic (exact) mass is 573 g/mol. The summed E-state index contributed by atoms with van der Waals surface area (Å²) in [5.41, 5.74) is -1.96. The number of nitrogens with zero attached hydrogens (tertiary/aromatic N) is 3. The Labute approximate surface area is 227 Å². The summed E-state index contributed by atoms with van der Waals surface area (Å²) in [6.45, 7) is 5.66. The second-order valence-electron chi connectivity index (χ2n) is 10.7. The Kier molecular flexibility index (Phi) is 7.85. The number of benzene rings is 2. The standard InChI is InChI=1S/C28H30F7N3O2/c1-15-9-22(29)5-6-23(15)25-24-14-37(17(3)39)13-18(24)7-8-38(25)26(40)36(4)16(2)19-10-20(27(30,31)32)12-21(11-19)28(33,34)35/h5-6,9-12,16,18,24-25H,7-8,13-14H2,1-4H3/t16-,18-,24?,25+/m1/s1. The average molecular weight is 574 g/mol. The van der Waals surface area contributed by atoms with E-state index >= 15 is 0 Å². The quantitative estimate of drug-likeness (QED) is 0.378. The molecular weight excluding hydrogens is 543 g/mol. The highest BCUT2D eigenvalue weighted by Crippen LogP contribution is 2.46. The summed E-state index contributed by atoms with van der Waals surface area (Å²) >= 11 is 0. The number of rotatable bonds is 3. The molecule has 0 aliphatic carbocycles. The number of alkyl halides is 6. The first-order valence-electron chi connectivity index (χ1n) is 12.8. The molecule has 2 heterocycles. The summed E-state index contributed by atoms with van der Waals surface area (Å²) in [5.74, 6) is -0.681. The molecule has 2 fully saturated rings. The molecule has 2 aliphatic heterocycles. The summed E-state index contributed by atoms with van der Waals surface area (Å²) in [7, 11) is 1.33. The van der Waals surface area contributed by atoms with Crippen molar-refractivity contribution in [1.29, 1.82) is 0 Å². The van der Waals surface area contributed by atoms with Crippen LogP contribution < -0.4 is 0 Å². The normalized spacial score (nSPS) is 22.2. The van der Waals surface area contributed by atoms with E-state index in [-0.39, 0.29) is 35.9 Å². The van der Waals surface area contributed by atoms with Gasteiger partial charge in [0.05, 0.1) is 23.2 Å². The first-order chi connectivity index (χ1) is 18.5. The topological polar surface area (TPSA) is 43.9 Å². The summed E-state index contributed by atoms with van der Waals surface area (Å²) in [6, 6.07) is 3.20. The molecule has 3 amide bonds. The maximum atomic E-state index is 14.0. The molecule has 4 atom stereocenters. The van der Waals surface area contributed by atoms with E-state index in [0.717, 1.165) is 4.90 Å². The second kappa shape index (κ2) is 10.6. The lowest BCUT2D eigenvalue weighted by Crippen LogP contribution is -2.51. The molecule has 40 heavy (non-hydrogen) atoms. The number of amides is 3. The van der Waals surface area contributed by atoms with E-state index in [0.29, 0.717) is 42.8 Å². The van der Waals surface area contributed by atoms with Gasteiger partial charge >= 0.3 is 18.4 Å². The highest BCUT2D eigenvalue weighted by Gasteiger charge is 2.47. The molecule has 2 aromatic carbocycles. The van der Waals surface area contributed by atoms with Crippen LogP contribution in [0.2, 0.25) is 0 Å². The van der Waals surface area contributed by atoms with Gasteiger partial charge in [0.2, 0.25) is 5.91 Å². The van der Waals surface area contributed by atoms with Gasteiger partial charge in [-0.3, -0.25) is 4.79 Å². The van der Waals surface area contributed by atoms with Gasteiger partial charge in [-0.1, -0.05) is 6.07 Å². The summed E-state index contributed by atoms with van der Waals surface area (Å²) in [5, 5.41) is 0. The van der Waals surface area contributed by atoms with Crippen LogP contribution in [0.3, 0.4) is 0 Å². The molecule has 5 nitrogen and oxygen atoms in total. The molecule has 0 radical (unpaired) electrons. The Balaban J connectivity index is 1.71. The fourth-order valence-electron chi connectivity index (χ4n) is 5.89. The maximum Gasteiger partial charge on any atom is 0.416 e. The van der Waals surface area contributed by atoms with Crippen LogP contribution in [0.5, 0.6) is 0 Å². The van der Waals surface area contributed by atoms with Crippen molar-refractivity contribution in [3.05, 3.63) is 70.0 Å². The average Bonchev–Trinajstić information content (AvgIpc) is 3.31. The zero-order chi connectivity index (χ0) is 29.7. The molecule has 4 rings (SSSR count). The van der Waals surface area contributed by atoms with Crippen LogP contribution >= 0.6 is 0 Å². The van der Waals surface area contributed by atoms with Crippen LogP contribution in [-0.2, 0) is 17.1 Å². The summed E-state index contributed by atoms with van der Waals surface area (Å²) in [4.78, 5) is 30.4. The largest absolute Gasteiger partial charge is 0.416 e. The molecular formula is C28H30F7N3O2. The number of likely N-dealkylation sites (tertiary alicyclic amines) is 2. The number of fused-ring (bicyclic) bond motifs is 1. The highest BCUT2D eigenvalue weighted by atomic mass is 19.4. The van der Waals surface area contributed by atoms with E-state index in [2.05, 4.69) is 0 Å². The lowest BCUT2D eigenvalue weighted by atomic mass is 9.78. The molecule has 0 N–H and O–H groups in total. The minimum atomic E-state index is -5.02. The summed E-state index contributed by atoms with van der Waals surface area (Å²) < 4.78 is 94.7. The van der Waals surface area contributed by atoms with Crippen LogP contribution in [0.4, 0.5) is 35.5 Å². The number of piperidine rings is 1. The van der Waals surface area contributed by atoms with E-state index in [9.17, 15) is 40.3 Å². The number of aryl methyl sites for hydroxylation is 1. The van der Waals surface area contributed by atoms with Crippen molar-refractivity contribution in [3.63, 3.8) is 0 Å². The Hall–Kier alpha value is -3.31. The molecule has 12 heteroatoms. The summed E-state index contributed by atoms with van der Waals surface area (Å²) in [6.07, 6.45) is -9.48. The number of halogens is 7. The maximum absolute atomic E-state index is 14.0. The lowest BCUT2D eigenvalue weighted by Gasteiger charge is -2.45. The van der Waals surface area contributed by atoms with E-state index in [1.54, 1.807) is 22.8 Å². The Morgan fingerprint density at radius 2 is 1.57 bits per heavy atom. The van der Waals surface area contributed by atoms with Gasteiger partial charge < -0.3 is 14.7 Å². The number of carbonyl (C=O) groups is 2. The SMILES string of the molecule is CC(=O)N1CC2[C@H](CCN(C(=O)N(C)[C@H](C)c3cc(C(F)(F)F)cc(C(F)(F)F)c3)[C@H]2c2ccc(F)cc2C)C1. The molecule has 2 aromatic rings. The molecule has 1 unspecified atom stereocenters. The van der Waals surface area contributed by atoms with Crippen LogP contribution in [0.15, 0.2) is 36.4 Å². The minimum Gasteiger partial charge on any atom is -0.342 e. The van der Waals surface area contributed by atoms with Gasteiger partial charge in [-0.15, -0.1) is 0 Å². The highest BCUT2D eigenvalue weighted by molar-refractivity contribution is 5.76. The van der Waals surface area contributed by atoms with Gasteiger partial charge in [0.15, 0.2) is 0 Å². The van der Waals surface area contributed by atoms with Crippen molar-refractivity contribution >= 4 is 11.9 Å². The fourth-order valence-corrected chi connectivity index (χ4v) is 5.89. The van der Waals surface area contributed by atoms with E-state index in [1.807, 2.05) is 0 Å². The van der Waals surface area contributed by atoms with Crippen LogP contribution in [0.25, 0.3) is 0 Å². The minimum absolute atomic E-state index is 0.0526. The smallest absolute Gasteiger partial charge is 0.342 e. The van der Waals surface area contributed by atoms with Crippen molar-refractivity contribution in [2.75, 3.05) is 26.7 Å². The molecule has 218 valence electrons. The van der Waals surface area contributed by atoms with Gasteiger partial charge in [0, 0.05) is 39.5 Å². The lowest BCUT2D eigenvalue weighted by molar-refractivity contribution is -0.143. The van der Waals surface area contributed by atoms with Crippen molar-refractivity contribution in [1.82, 2.24) is 14.7 Å². The first kappa shape index (κ1) is 29.7. The van der Waals surface area contributed by atoms with E-state index in [4.69, 9.17) is 0 Å². The van der Waals surface area contributed by atoms with Gasteiger partial charge in [-0.2, -0.15) is 26.3 Å². The van der Waals surface area contributed by atoms with Crippen molar-refractivity contribution in [3.8, 4) is 0 Å². The third-order valence-corrected chi connectivity index (χ3v) is 8.19. The molecule has 2 saturated heterocycles. The van der Waals surface area contributed by atoms with Crippen LogP contribution in [0, 0.1) is 24.6 Å². The number of carbonyl (C=O) groups excluding carboxylic acids is 2. The second-order valence-corrected chi connectivity index (χ2v) is 10.7. The molecule has 0 saturated carbocycles. The van der Waals surface area contributed by atoms with E-state index in [1.165, 1.54) is 33.0 Å². The zero-order valence-corrected chi connectivity index (χ0v) is 22.4. The van der Waals surface area contributed by atoms with Crippen molar-refractivity contribution < 1.29 is 40.3 Å². The first-order valence-corrected chi connectivity index (χ1v) is 12.8. The Morgan fingerprint density at radius 3 is 2.10 bits per heavy atom. The molecule has 0 spiro atoms. The number of hydrogen-bond donors (Lipinski definition) is 0. The number of hydrogen-bond acceptors (Lipinski definition) is 2. The predicted molar refractivity (Wildman–Crippen MR) is 132 cm³/mol. The third-order valence-electron chi connectivity index (χ3n) is 8.19. The molecule has 2 aliphatic rings. The van der Waals surface area contributed by atoms with Gasteiger partial charge in [0.25, 0.3) is 0 Å².